The second-order valence-corrected chi connectivity index (χ2v) is 5.10. The quantitative estimate of drug-likeness (QED) is 0.787. The number of hydrogen-bond acceptors (Lipinski definition) is 3. The van der Waals surface area contributed by atoms with Crippen LogP contribution in [0.4, 0.5) is 5.69 Å². The van der Waals surface area contributed by atoms with Crippen LogP contribution in [0.5, 0.6) is 0 Å². The van der Waals surface area contributed by atoms with Gasteiger partial charge in [0, 0.05) is 28.3 Å². The molecule has 1 aliphatic rings. The largest absolute Gasteiger partial charge is 0.469 e. The van der Waals surface area contributed by atoms with Gasteiger partial charge in [0.2, 0.25) is 0 Å². The number of anilines is 1. The van der Waals surface area contributed by atoms with Gasteiger partial charge < -0.3 is 9.64 Å². The molecular formula is C11H11BrClNO2. The molecule has 2 rings (SSSR count). The van der Waals surface area contributed by atoms with E-state index in [1.54, 1.807) is 0 Å². The van der Waals surface area contributed by atoms with E-state index in [4.69, 9.17) is 11.6 Å². The molecule has 1 aromatic carbocycles. The van der Waals surface area contributed by atoms with Crippen LogP contribution in [-0.2, 0) is 9.53 Å². The second kappa shape index (κ2) is 4.63. The summed E-state index contributed by atoms with van der Waals surface area (Å²) in [6, 6.07) is 5.71. The first-order valence-electron chi connectivity index (χ1n) is 4.89. The van der Waals surface area contributed by atoms with E-state index in [9.17, 15) is 4.79 Å². The fourth-order valence-corrected chi connectivity index (χ4v) is 2.57. The van der Waals surface area contributed by atoms with E-state index in [-0.39, 0.29) is 11.9 Å². The van der Waals surface area contributed by atoms with Crippen molar-refractivity contribution in [2.75, 3.05) is 25.1 Å². The molecule has 1 aliphatic heterocycles. The number of halogens is 2. The second-order valence-electron chi connectivity index (χ2n) is 3.75. The Bertz CT molecular complexity index is 398. The van der Waals surface area contributed by atoms with Gasteiger partial charge in [0.05, 0.1) is 13.0 Å². The number of carbonyl (C=O) groups is 1. The van der Waals surface area contributed by atoms with E-state index >= 15 is 0 Å². The molecule has 0 radical (unpaired) electrons. The van der Waals surface area contributed by atoms with Gasteiger partial charge in [0.1, 0.15) is 0 Å². The van der Waals surface area contributed by atoms with Crippen LogP contribution >= 0.6 is 27.5 Å². The molecule has 0 amide bonds. The van der Waals surface area contributed by atoms with Gasteiger partial charge >= 0.3 is 5.97 Å². The highest BCUT2D eigenvalue weighted by Gasteiger charge is 2.33. The standard InChI is InChI=1S/C11H11BrClNO2/c1-16-11(15)7-5-14(6-7)10-3-8(12)2-9(13)4-10/h2-4,7H,5-6H2,1H3. The van der Waals surface area contributed by atoms with Crippen LogP contribution in [-0.4, -0.2) is 26.2 Å². The van der Waals surface area contributed by atoms with Crippen molar-refractivity contribution in [3.8, 4) is 0 Å². The van der Waals surface area contributed by atoms with Gasteiger partial charge in [-0.3, -0.25) is 4.79 Å². The van der Waals surface area contributed by atoms with E-state index in [0.29, 0.717) is 18.1 Å². The van der Waals surface area contributed by atoms with Gasteiger partial charge in [-0.05, 0) is 18.2 Å². The van der Waals surface area contributed by atoms with Gasteiger partial charge in [-0.2, -0.15) is 0 Å². The van der Waals surface area contributed by atoms with Crippen LogP contribution in [0.2, 0.25) is 5.02 Å². The lowest BCUT2D eigenvalue weighted by atomic mass is 9.99. The highest BCUT2D eigenvalue weighted by Crippen LogP contribution is 2.30. The van der Waals surface area contributed by atoms with E-state index < -0.39 is 0 Å². The Labute approximate surface area is 107 Å². The van der Waals surface area contributed by atoms with Crippen molar-refractivity contribution in [3.05, 3.63) is 27.7 Å². The first-order valence-corrected chi connectivity index (χ1v) is 6.06. The number of esters is 1. The Balaban J connectivity index is 2.04. The lowest BCUT2D eigenvalue weighted by Crippen LogP contribution is -2.50. The first-order chi connectivity index (χ1) is 7.60. The molecule has 1 heterocycles. The monoisotopic (exact) mass is 303 g/mol. The zero-order valence-electron chi connectivity index (χ0n) is 8.74. The summed E-state index contributed by atoms with van der Waals surface area (Å²) >= 11 is 9.34. The number of nitrogens with zero attached hydrogens (tertiary/aromatic N) is 1. The molecule has 0 N–H and O–H groups in total. The van der Waals surface area contributed by atoms with Gasteiger partial charge in [0.15, 0.2) is 0 Å². The van der Waals surface area contributed by atoms with Crippen LogP contribution in [0.1, 0.15) is 0 Å². The lowest BCUT2D eigenvalue weighted by molar-refractivity contribution is -0.146. The Morgan fingerprint density at radius 1 is 1.50 bits per heavy atom. The fraction of sp³-hybridized carbons (Fsp3) is 0.364. The van der Waals surface area contributed by atoms with Crippen molar-refractivity contribution in [2.45, 2.75) is 0 Å². The maximum atomic E-state index is 11.2. The molecule has 0 aromatic heterocycles. The highest BCUT2D eigenvalue weighted by atomic mass is 79.9. The van der Waals surface area contributed by atoms with Crippen LogP contribution in [0.25, 0.3) is 0 Å². The predicted molar refractivity (Wildman–Crippen MR) is 66.9 cm³/mol. The van der Waals surface area contributed by atoms with Crippen molar-refractivity contribution in [3.63, 3.8) is 0 Å². The summed E-state index contributed by atoms with van der Waals surface area (Å²) in [6.07, 6.45) is 0. The molecule has 86 valence electrons. The van der Waals surface area contributed by atoms with Crippen molar-refractivity contribution in [1.29, 1.82) is 0 Å². The number of hydrogen-bond donors (Lipinski definition) is 0. The summed E-state index contributed by atoms with van der Waals surface area (Å²) in [5.41, 5.74) is 1.03. The average Bonchev–Trinajstić information content (AvgIpc) is 2.13. The summed E-state index contributed by atoms with van der Waals surface area (Å²) in [5, 5.41) is 0.686. The summed E-state index contributed by atoms with van der Waals surface area (Å²) in [6.45, 7) is 1.39. The maximum absolute atomic E-state index is 11.2. The fourth-order valence-electron chi connectivity index (χ4n) is 1.73. The molecule has 1 aromatic rings. The van der Waals surface area contributed by atoms with Crippen molar-refractivity contribution in [1.82, 2.24) is 0 Å². The third-order valence-corrected chi connectivity index (χ3v) is 3.30. The molecule has 0 aliphatic carbocycles. The average molecular weight is 305 g/mol. The molecule has 5 heteroatoms. The molecule has 0 saturated carbocycles. The SMILES string of the molecule is COC(=O)C1CN(c2cc(Cl)cc(Br)c2)C1. The molecule has 0 spiro atoms. The van der Waals surface area contributed by atoms with E-state index in [2.05, 4.69) is 25.6 Å². The van der Waals surface area contributed by atoms with E-state index in [1.807, 2.05) is 18.2 Å². The molecule has 0 atom stereocenters. The van der Waals surface area contributed by atoms with Crippen LogP contribution in [0.15, 0.2) is 22.7 Å². The third-order valence-electron chi connectivity index (χ3n) is 2.63. The molecule has 1 saturated heterocycles. The molecule has 0 unspecified atom stereocenters. The summed E-state index contributed by atoms with van der Waals surface area (Å²) in [4.78, 5) is 13.3. The first kappa shape index (κ1) is 11.7. The molecular weight excluding hydrogens is 293 g/mol. The Hall–Kier alpha value is -0.740. The zero-order chi connectivity index (χ0) is 11.7. The van der Waals surface area contributed by atoms with Gasteiger partial charge in [-0.1, -0.05) is 27.5 Å². The number of ether oxygens (including phenoxy) is 1. The number of methoxy groups -OCH3 is 1. The number of carbonyl (C=O) groups excluding carboxylic acids is 1. The zero-order valence-corrected chi connectivity index (χ0v) is 11.1. The van der Waals surface area contributed by atoms with E-state index in [1.165, 1.54) is 7.11 Å². The van der Waals surface area contributed by atoms with Crippen molar-refractivity contribution < 1.29 is 9.53 Å². The number of benzene rings is 1. The Morgan fingerprint density at radius 2 is 2.19 bits per heavy atom. The van der Waals surface area contributed by atoms with Gasteiger partial charge in [-0.15, -0.1) is 0 Å². The van der Waals surface area contributed by atoms with Gasteiger partial charge in [-0.25, -0.2) is 0 Å². The molecule has 3 nitrogen and oxygen atoms in total. The molecule has 1 fully saturated rings. The highest BCUT2D eigenvalue weighted by molar-refractivity contribution is 9.10. The van der Waals surface area contributed by atoms with Crippen molar-refractivity contribution >= 4 is 39.2 Å². The Kier molecular flexibility index (Phi) is 3.40. The van der Waals surface area contributed by atoms with Gasteiger partial charge in [0.25, 0.3) is 0 Å². The normalized spacial score (nSPS) is 15.8. The minimum atomic E-state index is -0.141. The number of rotatable bonds is 2. The van der Waals surface area contributed by atoms with Crippen molar-refractivity contribution in [2.24, 2.45) is 5.92 Å². The lowest BCUT2D eigenvalue weighted by Gasteiger charge is -2.39. The van der Waals surface area contributed by atoms with E-state index in [0.717, 1.165) is 10.2 Å². The minimum Gasteiger partial charge on any atom is -0.469 e. The maximum Gasteiger partial charge on any atom is 0.312 e. The van der Waals surface area contributed by atoms with Crippen LogP contribution in [0, 0.1) is 5.92 Å². The Morgan fingerprint density at radius 3 is 2.75 bits per heavy atom. The molecule has 16 heavy (non-hydrogen) atoms. The summed E-state index contributed by atoms with van der Waals surface area (Å²) in [7, 11) is 1.42. The topological polar surface area (TPSA) is 29.5 Å². The van der Waals surface area contributed by atoms with Crippen LogP contribution in [0.3, 0.4) is 0 Å². The van der Waals surface area contributed by atoms with Crippen LogP contribution < -0.4 is 4.90 Å². The molecule has 0 bridgehead atoms. The summed E-state index contributed by atoms with van der Waals surface area (Å²) in [5.74, 6) is -0.153. The smallest absolute Gasteiger partial charge is 0.312 e. The third kappa shape index (κ3) is 2.33. The summed E-state index contributed by atoms with van der Waals surface area (Å²) < 4.78 is 5.63. The minimum absolute atomic E-state index is 0.0113. The predicted octanol–water partition coefficient (Wildman–Crippen LogP) is 2.71.